The molecule has 162 valence electrons. The Morgan fingerprint density at radius 1 is 1.06 bits per heavy atom. The van der Waals surface area contributed by atoms with Crippen LogP contribution in [0.25, 0.3) is 22.1 Å². The maximum Gasteiger partial charge on any atom is 0.344 e. The highest BCUT2D eigenvalue weighted by Crippen LogP contribution is 2.43. The lowest BCUT2D eigenvalue weighted by Gasteiger charge is -2.26. The van der Waals surface area contributed by atoms with E-state index >= 15 is 0 Å². The van der Waals surface area contributed by atoms with Crippen LogP contribution in [0.1, 0.15) is 17.0 Å². The summed E-state index contributed by atoms with van der Waals surface area (Å²) in [6, 6.07) is 20.8. The Morgan fingerprint density at radius 2 is 1.85 bits per heavy atom. The number of methoxy groups -OCH3 is 1. The van der Waals surface area contributed by atoms with Crippen molar-refractivity contribution in [1.82, 2.24) is 0 Å². The first-order chi connectivity index (χ1) is 16.0. The van der Waals surface area contributed by atoms with Crippen molar-refractivity contribution in [1.29, 1.82) is 5.26 Å². The van der Waals surface area contributed by atoms with Gasteiger partial charge in [0.15, 0.2) is 5.75 Å². The van der Waals surface area contributed by atoms with Gasteiger partial charge < -0.3 is 19.6 Å². The number of hydrogen-bond donors (Lipinski definition) is 1. The largest absolute Gasteiger partial charge is 0.497 e. The first-order valence-electron chi connectivity index (χ1n) is 10.1. The smallest absolute Gasteiger partial charge is 0.344 e. The highest BCUT2D eigenvalue weighted by atomic mass is 19.1. The van der Waals surface area contributed by atoms with E-state index in [1.807, 2.05) is 54.6 Å². The van der Waals surface area contributed by atoms with Crippen molar-refractivity contribution in [3.05, 3.63) is 106 Å². The van der Waals surface area contributed by atoms with E-state index < -0.39 is 17.4 Å². The second-order valence-corrected chi connectivity index (χ2v) is 7.55. The standard InChI is InChI=1S/C26H17FN2O4/c1-31-18-4-2-3-16(11-18)14-5-7-15(8-6-14)22-20(13-28)25(29)33-24-19-12-17(27)9-10-21(19)32-26(30)23(22)24/h2-12,22H,29H2,1H3. The molecule has 1 unspecified atom stereocenters. The molecule has 7 heteroatoms. The van der Waals surface area contributed by atoms with Crippen LogP contribution in [-0.2, 0) is 0 Å². The van der Waals surface area contributed by atoms with E-state index in [2.05, 4.69) is 0 Å². The van der Waals surface area contributed by atoms with Crippen molar-refractivity contribution in [2.24, 2.45) is 5.73 Å². The van der Waals surface area contributed by atoms with Crippen LogP contribution < -0.4 is 20.8 Å². The molecule has 0 radical (unpaired) electrons. The van der Waals surface area contributed by atoms with E-state index in [9.17, 15) is 14.4 Å². The molecular formula is C26H17FN2O4. The van der Waals surface area contributed by atoms with Gasteiger partial charge in [-0.15, -0.1) is 0 Å². The Hall–Kier alpha value is -4.57. The highest BCUT2D eigenvalue weighted by molar-refractivity contribution is 5.86. The van der Waals surface area contributed by atoms with E-state index in [4.69, 9.17) is 19.6 Å². The first kappa shape index (κ1) is 20.3. The van der Waals surface area contributed by atoms with E-state index in [1.165, 1.54) is 18.2 Å². The molecule has 33 heavy (non-hydrogen) atoms. The molecule has 0 bridgehead atoms. The van der Waals surface area contributed by atoms with Crippen LogP contribution in [0.4, 0.5) is 4.39 Å². The average molecular weight is 440 g/mol. The highest BCUT2D eigenvalue weighted by Gasteiger charge is 2.35. The lowest BCUT2D eigenvalue weighted by molar-refractivity contribution is 0.388. The molecular weight excluding hydrogens is 423 g/mol. The minimum absolute atomic E-state index is 0.0830. The minimum Gasteiger partial charge on any atom is -0.497 e. The summed E-state index contributed by atoms with van der Waals surface area (Å²) in [5, 5.41) is 10.0. The number of ether oxygens (including phenoxy) is 2. The fourth-order valence-electron chi connectivity index (χ4n) is 4.10. The van der Waals surface area contributed by atoms with Gasteiger partial charge in [0, 0.05) is 0 Å². The van der Waals surface area contributed by atoms with Crippen LogP contribution in [0.5, 0.6) is 11.5 Å². The monoisotopic (exact) mass is 440 g/mol. The molecule has 0 aliphatic carbocycles. The van der Waals surface area contributed by atoms with Crippen LogP contribution in [0.3, 0.4) is 0 Å². The summed E-state index contributed by atoms with van der Waals surface area (Å²) in [5.74, 6) is -0.645. The van der Waals surface area contributed by atoms with Gasteiger partial charge in [0.05, 0.1) is 24.0 Å². The zero-order chi connectivity index (χ0) is 23.1. The van der Waals surface area contributed by atoms with Gasteiger partial charge in [-0.05, 0) is 47.0 Å². The zero-order valence-electron chi connectivity index (χ0n) is 17.5. The Kier molecular flexibility index (Phi) is 4.83. The van der Waals surface area contributed by atoms with Gasteiger partial charge in [0.2, 0.25) is 5.88 Å². The van der Waals surface area contributed by atoms with Crippen molar-refractivity contribution in [3.63, 3.8) is 0 Å². The predicted octanol–water partition coefficient (Wildman–Crippen LogP) is 4.83. The van der Waals surface area contributed by atoms with Crippen molar-refractivity contribution in [2.75, 3.05) is 7.11 Å². The van der Waals surface area contributed by atoms with Crippen LogP contribution in [0, 0.1) is 17.1 Å². The summed E-state index contributed by atoms with van der Waals surface area (Å²) < 4.78 is 30.3. The number of benzene rings is 3. The zero-order valence-corrected chi connectivity index (χ0v) is 17.5. The average Bonchev–Trinajstić information content (AvgIpc) is 2.84. The molecule has 0 spiro atoms. The summed E-state index contributed by atoms with van der Waals surface area (Å²) >= 11 is 0. The van der Waals surface area contributed by atoms with Crippen molar-refractivity contribution in [3.8, 4) is 28.7 Å². The molecule has 0 saturated carbocycles. The molecule has 2 heterocycles. The Bertz CT molecular complexity index is 1530. The van der Waals surface area contributed by atoms with Gasteiger partial charge >= 0.3 is 5.63 Å². The van der Waals surface area contributed by atoms with Crippen LogP contribution in [-0.4, -0.2) is 7.11 Å². The normalized spacial score (nSPS) is 15.0. The van der Waals surface area contributed by atoms with Crippen molar-refractivity contribution < 1.29 is 18.3 Å². The topological polar surface area (TPSA) is 98.5 Å². The molecule has 1 aromatic heterocycles. The molecule has 0 saturated heterocycles. The number of nitrogens with two attached hydrogens (primary N) is 1. The number of nitrogens with zero attached hydrogens (tertiary/aromatic N) is 1. The number of allylic oxidation sites excluding steroid dienone is 1. The van der Waals surface area contributed by atoms with Crippen LogP contribution in [0.15, 0.2) is 87.4 Å². The molecule has 1 atom stereocenters. The van der Waals surface area contributed by atoms with Crippen LogP contribution >= 0.6 is 0 Å². The molecule has 0 amide bonds. The van der Waals surface area contributed by atoms with Gasteiger partial charge in [-0.25, -0.2) is 9.18 Å². The SMILES string of the molecule is COc1cccc(-c2ccc(C3C(C#N)=C(N)Oc4c3c(=O)oc3ccc(F)cc43)cc2)c1. The van der Waals surface area contributed by atoms with Gasteiger partial charge in [-0.1, -0.05) is 36.4 Å². The summed E-state index contributed by atoms with van der Waals surface area (Å²) in [6.45, 7) is 0. The van der Waals surface area contributed by atoms with E-state index in [1.54, 1.807) is 7.11 Å². The molecule has 3 aromatic carbocycles. The fourth-order valence-corrected chi connectivity index (χ4v) is 4.10. The lowest BCUT2D eigenvalue weighted by Crippen LogP contribution is -2.26. The van der Waals surface area contributed by atoms with Gasteiger partial charge in [-0.2, -0.15) is 5.26 Å². The minimum atomic E-state index is -0.818. The Labute approximate surface area is 187 Å². The fraction of sp³-hybridized carbons (Fsp3) is 0.0769. The van der Waals surface area contributed by atoms with Crippen molar-refractivity contribution >= 4 is 11.0 Å². The molecule has 1 aliphatic heterocycles. The molecule has 5 rings (SSSR count). The Morgan fingerprint density at radius 3 is 2.58 bits per heavy atom. The van der Waals surface area contributed by atoms with E-state index in [0.717, 1.165) is 16.9 Å². The van der Waals surface area contributed by atoms with Crippen LogP contribution in [0.2, 0.25) is 0 Å². The summed E-state index contributed by atoms with van der Waals surface area (Å²) in [4.78, 5) is 12.9. The van der Waals surface area contributed by atoms with E-state index in [-0.39, 0.29) is 33.7 Å². The summed E-state index contributed by atoms with van der Waals surface area (Å²) in [5.41, 5.74) is 8.26. The maximum absolute atomic E-state index is 13.9. The van der Waals surface area contributed by atoms with E-state index in [0.29, 0.717) is 5.56 Å². The number of hydrogen-bond acceptors (Lipinski definition) is 6. The van der Waals surface area contributed by atoms with Crippen molar-refractivity contribution in [2.45, 2.75) is 5.92 Å². The molecule has 0 fully saturated rings. The third-order valence-electron chi connectivity index (χ3n) is 5.68. The van der Waals surface area contributed by atoms with Gasteiger partial charge in [0.25, 0.3) is 0 Å². The molecule has 2 N–H and O–H groups in total. The summed E-state index contributed by atoms with van der Waals surface area (Å²) in [6.07, 6.45) is 0. The molecule has 1 aliphatic rings. The second kappa shape index (κ2) is 7.84. The number of halogens is 1. The lowest BCUT2D eigenvalue weighted by atomic mass is 9.83. The quantitative estimate of drug-likeness (QED) is 0.459. The van der Waals surface area contributed by atoms with Gasteiger partial charge in [-0.3, -0.25) is 0 Å². The third kappa shape index (κ3) is 3.38. The number of rotatable bonds is 3. The van der Waals surface area contributed by atoms with Gasteiger partial charge in [0.1, 0.15) is 28.8 Å². The molecule has 4 aromatic rings. The first-order valence-corrected chi connectivity index (χ1v) is 10.1. The summed E-state index contributed by atoms with van der Waals surface area (Å²) in [7, 11) is 1.60. The number of nitriles is 1. The Balaban J connectivity index is 1.68. The maximum atomic E-state index is 13.9. The molecule has 6 nitrogen and oxygen atoms in total. The second-order valence-electron chi connectivity index (χ2n) is 7.55. The predicted molar refractivity (Wildman–Crippen MR) is 120 cm³/mol. The third-order valence-corrected chi connectivity index (χ3v) is 5.68. The number of fused-ring (bicyclic) bond motifs is 3.